The number of benzene rings is 1. The Balaban J connectivity index is 2.63. The summed E-state index contributed by atoms with van der Waals surface area (Å²) < 4.78 is 17.9. The Morgan fingerprint density at radius 1 is 0.895 bits per heavy atom. The minimum absolute atomic E-state index is 0.743. The fourth-order valence-corrected chi connectivity index (χ4v) is 18.4. The summed E-state index contributed by atoms with van der Waals surface area (Å²) in [6.45, 7) is 1.86. The number of hydrogen-bond acceptors (Lipinski definition) is 4. The van der Waals surface area contributed by atoms with Crippen molar-refractivity contribution in [2.24, 2.45) is 13.5 Å². The summed E-state index contributed by atoms with van der Waals surface area (Å²) in [6.07, 6.45) is 0. The van der Waals surface area contributed by atoms with E-state index in [0.717, 1.165) is 11.1 Å². The van der Waals surface area contributed by atoms with Gasteiger partial charge in [-0.2, -0.15) is 4.52 Å². The fourth-order valence-electron chi connectivity index (χ4n) is 1.57. The predicted octanol–water partition coefficient (Wildman–Crippen LogP) is 6.93. The molecule has 1 heterocycles. The summed E-state index contributed by atoms with van der Waals surface area (Å²) in [5, 5.41) is 0.888. The molecule has 0 bridgehead atoms. The van der Waals surface area contributed by atoms with Gasteiger partial charge in [0, 0.05) is 5.30 Å². The first-order valence-corrected chi connectivity index (χ1v) is 14.1. The van der Waals surface area contributed by atoms with Crippen LogP contribution in [0.3, 0.4) is 0 Å². The molecule has 1 unspecified atom stereocenters. The van der Waals surface area contributed by atoms with Gasteiger partial charge in [-0.1, -0.05) is 0 Å². The molecule has 19 heavy (non-hydrogen) atoms. The lowest BCUT2D eigenvalue weighted by Gasteiger charge is -2.24. The Labute approximate surface area is 131 Å². The minimum atomic E-state index is -2.86. The molecule has 0 fully saturated rings. The zero-order valence-corrected chi connectivity index (χ0v) is 15.6. The highest BCUT2D eigenvalue weighted by atomic mass is 35.9. The van der Waals surface area contributed by atoms with Crippen molar-refractivity contribution in [3.05, 3.63) is 24.3 Å². The summed E-state index contributed by atoms with van der Waals surface area (Å²) in [5.41, 5.74) is 0. The molecule has 106 valence electrons. The molecule has 0 spiro atoms. The van der Waals surface area contributed by atoms with E-state index in [0.29, 0.717) is 0 Å². The van der Waals surface area contributed by atoms with Crippen LogP contribution in [0, 0.1) is 0 Å². The molecular formula is C8H10Cl4N3OP3. The molecule has 4 nitrogen and oxygen atoms in total. The van der Waals surface area contributed by atoms with Crippen LogP contribution in [-0.4, -0.2) is 13.8 Å². The van der Waals surface area contributed by atoms with Gasteiger partial charge < -0.3 is 4.74 Å². The van der Waals surface area contributed by atoms with Gasteiger partial charge in [0.1, 0.15) is 13.0 Å². The first kappa shape index (κ1) is 16.2. The fraction of sp³-hybridized carbons (Fsp3) is 0.250. The number of nitrogens with zero attached hydrogens (tertiary/aromatic N) is 3. The number of halogens is 4. The summed E-state index contributed by atoms with van der Waals surface area (Å²) >= 11 is 24.4. The van der Waals surface area contributed by atoms with Gasteiger partial charge in [-0.25, -0.2) is 9.03 Å². The molecule has 1 aliphatic rings. The molecule has 11 heteroatoms. The van der Waals surface area contributed by atoms with Gasteiger partial charge in [-0.05, 0) is 75.9 Å². The second kappa shape index (κ2) is 5.58. The summed E-state index contributed by atoms with van der Waals surface area (Å²) in [7, 11) is -0.718. The largest absolute Gasteiger partial charge is 0.497 e. The molecule has 2 rings (SSSR count). The van der Waals surface area contributed by atoms with Crippen LogP contribution in [0.5, 0.6) is 5.75 Å². The molecule has 1 aliphatic heterocycles. The van der Waals surface area contributed by atoms with Crippen molar-refractivity contribution < 1.29 is 4.74 Å². The van der Waals surface area contributed by atoms with Crippen molar-refractivity contribution >= 4 is 69.3 Å². The Morgan fingerprint density at radius 3 is 1.89 bits per heavy atom. The van der Waals surface area contributed by atoms with Crippen molar-refractivity contribution in [3.63, 3.8) is 0 Å². The molecule has 0 saturated heterocycles. The summed E-state index contributed by atoms with van der Waals surface area (Å²) in [6, 6.07) is 7.38. The van der Waals surface area contributed by atoms with E-state index in [9.17, 15) is 0 Å². The summed E-state index contributed by atoms with van der Waals surface area (Å²) in [5.74, 6) is -4.98. The van der Waals surface area contributed by atoms with Gasteiger partial charge in [0.15, 0.2) is 0 Å². The Morgan fingerprint density at radius 2 is 1.42 bits per heavy atom. The molecule has 0 radical (unpaired) electrons. The first-order chi connectivity index (χ1) is 8.66. The van der Waals surface area contributed by atoms with Gasteiger partial charge in [-0.3, -0.25) is 0 Å². The number of ether oxygens (including phenoxy) is 1. The molecule has 1 atom stereocenters. The van der Waals surface area contributed by atoms with Gasteiger partial charge in [0.05, 0.1) is 7.11 Å². The van der Waals surface area contributed by atoms with Crippen molar-refractivity contribution in [1.29, 1.82) is 0 Å². The molecule has 0 aliphatic carbocycles. The topological polar surface area (TPSA) is 46.3 Å². The van der Waals surface area contributed by atoms with E-state index >= 15 is 0 Å². The van der Waals surface area contributed by atoms with E-state index in [2.05, 4.69) is 13.5 Å². The van der Waals surface area contributed by atoms with Crippen molar-refractivity contribution in [2.45, 2.75) is 0 Å². The van der Waals surface area contributed by atoms with Gasteiger partial charge in [0.2, 0.25) is 0 Å². The second-order valence-electron chi connectivity index (χ2n) is 3.79. The van der Waals surface area contributed by atoms with Crippen LogP contribution in [0.4, 0.5) is 0 Å². The van der Waals surface area contributed by atoms with E-state index in [1.165, 1.54) is 0 Å². The lowest BCUT2D eigenvalue weighted by Crippen LogP contribution is -2.02. The standard InChI is InChI=1S/C8H10Cl4N3OP3/c1-16-7-3-5-8(6-4-7)17(2)13-18(9,10)15-19(11,12)14-17/h3-6H,1-2H3. The molecule has 0 aromatic heterocycles. The SMILES string of the molecule is COc1ccc(P2(C)=NP(Cl)(Cl)=NP(Cl)(Cl)=N2)cc1. The van der Waals surface area contributed by atoms with Crippen LogP contribution < -0.4 is 10.0 Å². The lowest BCUT2D eigenvalue weighted by molar-refractivity contribution is 0.415. The second-order valence-corrected chi connectivity index (χ2v) is 16.8. The first-order valence-electron chi connectivity index (χ1n) is 4.98. The monoisotopic (exact) mass is 397 g/mol. The zero-order chi connectivity index (χ0) is 14.3. The van der Waals surface area contributed by atoms with Crippen LogP contribution in [0.1, 0.15) is 0 Å². The van der Waals surface area contributed by atoms with Crippen LogP contribution in [0.25, 0.3) is 0 Å². The van der Waals surface area contributed by atoms with E-state index in [4.69, 9.17) is 49.7 Å². The Kier molecular flexibility index (Phi) is 4.77. The van der Waals surface area contributed by atoms with Crippen LogP contribution in [0.15, 0.2) is 37.8 Å². The van der Waals surface area contributed by atoms with E-state index < -0.39 is 19.0 Å². The smallest absolute Gasteiger partial charge is 0.255 e. The Hall–Kier alpha value is 0.870. The molecule has 1 aromatic carbocycles. The number of hydrogen-bond donors (Lipinski definition) is 0. The van der Waals surface area contributed by atoms with Crippen molar-refractivity contribution in [3.8, 4) is 5.75 Å². The maximum absolute atomic E-state index is 6.09. The molecule has 0 amide bonds. The maximum Gasteiger partial charge on any atom is 0.255 e. The normalized spacial score (nSPS) is 27.7. The molecule has 0 N–H and O–H groups in total. The highest BCUT2D eigenvalue weighted by Crippen LogP contribution is 2.84. The average Bonchev–Trinajstić information content (AvgIpc) is 2.24. The Bertz CT molecular complexity index is 653. The minimum Gasteiger partial charge on any atom is -0.497 e. The predicted molar refractivity (Wildman–Crippen MR) is 90.0 cm³/mol. The van der Waals surface area contributed by atoms with Gasteiger partial charge >= 0.3 is 0 Å². The van der Waals surface area contributed by atoms with Crippen LogP contribution in [0.2, 0.25) is 0 Å². The lowest BCUT2D eigenvalue weighted by atomic mass is 10.3. The number of rotatable bonds is 2. The highest BCUT2D eigenvalue weighted by Gasteiger charge is 2.31. The van der Waals surface area contributed by atoms with Crippen LogP contribution >= 0.6 is 64.0 Å². The highest BCUT2D eigenvalue weighted by molar-refractivity contribution is 8.21. The van der Waals surface area contributed by atoms with Gasteiger partial charge in [0.25, 0.3) is 11.8 Å². The third-order valence-corrected chi connectivity index (χ3v) is 14.7. The van der Waals surface area contributed by atoms with E-state index in [1.54, 1.807) is 7.11 Å². The quantitative estimate of drug-likeness (QED) is 0.498. The van der Waals surface area contributed by atoms with Gasteiger partial charge in [-0.15, -0.1) is 0 Å². The van der Waals surface area contributed by atoms with E-state index in [-0.39, 0.29) is 0 Å². The summed E-state index contributed by atoms with van der Waals surface area (Å²) in [4.78, 5) is 0. The van der Waals surface area contributed by atoms with Crippen molar-refractivity contribution in [2.75, 3.05) is 13.8 Å². The third-order valence-electron chi connectivity index (χ3n) is 2.34. The van der Waals surface area contributed by atoms with E-state index in [1.807, 2.05) is 30.9 Å². The molecule has 1 aromatic rings. The van der Waals surface area contributed by atoms with Crippen LogP contribution in [-0.2, 0) is 0 Å². The number of methoxy groups -OCH3 is 1. The zero-order valence-electron chi connectivity index (χ0n) is 9.91. The average molecular weight is 399 g/mol. The third kappa shape index (κ3) is 3.95. The molecular weight excluding hydrogens is 389 g/mol. The molecule has 0 saturated carbocycles. The van der Waals surface area contributed by atoms with Crippen molar-refractivity contribution in [1.82, 2.24) is 0 Å². The maximum atomic E-state index is 6.09.